The number of carbonyl (C=O) groups excluding carboxylic acids is 1. The highest BCUT2D eigenvalue weighted by atomic mass is 16.1. The Morgan fingerprint density at radius 3 is 2.75 bits per heavy atom. The molecule has 0 radical (unpaired) electrons. The van der Waals surface area contributed by atoms with E-state index in [2.05, 4.69) is 10.2 Å². The van der Waals surface area contributed by atoms with Crippen molar-refractivity contribution in [2.45, 2.75) is 6.92 Å². The van der Waals surface area contributed by atoms with E-state index in [-0.39, 0.29) is 0 Å². The summed E-state index contributed by atoms with van der Waals surface area (Å²) in [5, 5.41) is 8.36. The van der Waals surface area contributed by atoms with Crippen molar-refractivity contribution < 1.29 is 4.79 Å². The smallest absolute Gasteiger partial charge is 0.145 e. The van der Waals surface area contributed by atoms with Gasteiger partial charge in [0.05, 0.1) is 11.9 Å². The van der Waals surface area contributed by atoms with Crippen LogP contribution in [-0.4, -0.2) is 21.3 Å². The van der Waals surface area contributed by atoms with E-state index in [0.29, 0.717) is 11.3 Å². The van der Waals surface area contributed by atoms with E-state index in [4.69, 9.17) is 0 Å². The van der Waals surface area contributed by atoms with Crippen LogP contribution in [0.4, 0.5) is 0 Å². The van der Waals surface area contributed by atoms with Gasteiger partial charge in [-0.2, -0.15) is 9.90 Å². The zero-order valence-corrected chi connectivity index (χ0v) is 8.87. The number of para-hydroxylation sites is 1. The summed E-state index contributed by atoms with van der Waals surface area (Å²) >= 11 is 0. The molecule has 16 heavy (non-hydrogen) atoms. The maximum atomic E-state index is 10.5. The number of hydrogen-bond acceptors (Lipinski definition) is 3. The molecule has 0 spiro atoms. The van der Waals surface area contributed by atoms with Crippen LogP contribution in [-0.2, 0) is 4.79 Å². The number of aldehydes is 1. The zero-order valence-electron chi connectivity index (χ0n) is 8.87. The average Bonchev–Trinajstić information content (AvgIpc) is 2.78. The first-order valence-electron chi connectivity index (χ1n) is 4.91. The van der Waals surface area contributed by atoms with Gasteiger partial charge in [-0.15, -0.1) is 5.10 Å². The van der Waals surface area contributed by atoms with Crippen molar-refractivity contribution in [3.05, 3.63) is 47.8 Å². The number of rotatable bonds is 3. The average molecular weight is 213 g/mol. The summed E-state index contributed by atoms with van der Waals surface area (Å²) in [5.74, 6) is 0. The third-order valence-corrected chi connectivity index (χ3v) is 2.06. The summed E-state index contributed by atoms with van der Waals surface area (Å²) in [6, 6.07) is 9.61. The molecule has 0 unspecified atom stereocenters. The molecule has 1 aromatic carbocycles. The Hall–Kier alpha value is -2.23. The van der Waals surface area contributed by atoms with Crippen molar-refractivity contribution in [2.75, 3.05) is 0 Å². The van der Waals surface area contributed by atoms with Crippen LogP contribution in [0.3, 0.4) is 0 Å². The quantitative estimate of drug-likeness (QED) is 0.577. The SMILES string of the molecule is CC(C=O)=Cc1cnn(-c2ccccc2)n1. The molecule has 2 rings (SSSR count). The Labute approximate surface area is 93.2 Å². The second-order valence-corrected chi connectivity index (χ2v) is 3.40. The van der Waals surface area contributed by atoms with E-state index in [1.165, 1.54) is 4.80 Å². The molecular formula is C12H11N3O. The van der Waals surface area contributed by atoms with Crippen LogP contribution in [0.2, 0.25) is 0 Å². The number of benzene rings is 1. The fourth-order valence-electron chi connectivity index (χ4n) is 1.29. The number of hydrogen-bond donors (Lipinski definition) is 0. The van der Waals surface area contributed by atoms with E-state index < -0.39 is 0 Å². The third-order valence-electron chi connectivity index (χ3n) is 2.06. The lowest BCUT2D eigenvalue weighted by Gasteiger charge is -1.96. The maximum absolute atomic E-state index is 10.5. The van der Waals surface area contributed by atoms with Crippen molar-refractivity contribution >= 4 is 12.4 Å². The highest BCUT2D eigenvalue weighted by Crippen LogP contribution is 2.06. The van der Waals surface area contributed by atoms with E-state index in [1.807, 2.05) is 30.3 Å². The first-order valence-corrected chi connectivity index (χ1v) is 4.91. The molecule has 1 heterocycles. The molecule has 0 fully saturated rings. The number of nitrogens with zero attached hydrogens (tertiary/aromatic N) is 3. The Kier molecular flexibility index (Phi) is 2.91. The van der Waals surface area contributed by atoms with Gasteiger partial charge in [0.25, 0.3) is 0 Å². The summed E-state index contributed by atoms with van der Waals surface area (Å²) < 4.78 is 0. The molecule has 80 valence electrons. The molecule has 1 aromatic heterocycles. The monoisotopic (exact) mass is 213 g/mol. The van der Waals surface area contributed by atoms with Gasteiger partial charge in [0.2, 0.25) is 0 Å². The molecule has 0 aliphatic heterocycles. The molecule has 0 saturated carbocycles. The topological polar surface area (TPSA) is 47.8 Å². The van der Waals surface area contributed by atoms with Crippen LogP contribution in [0.5, 0.6) is 0 Å². The van der Waals surface area contributed by atoms with Gasteiger partial charge in [-0.05, 0) is 30.7 Å². The summed E-state index contributed by atoms with van der Waals surface area (Å²) in [7, 11) is 0. The van der Waals surface area contributed by atoms with Gasteiger partial charge in [-0.3, -0.25) is 4.79 Å². The van der Waals surface area contributed by atoms with Gasteiger partial charge >= 0.3 is 0 Å². The van der Waals surface area contributed by atoms with Gasteiger partial charge in [0.15, 0.2) is 0 Å². The Bertz CT molecular complexity index is 514. The minimum absolute atomic E-state index is 0.625. The van der Waals surface area contributed by atoms with Gasteiger partial charge in [0, 0.05) is 0 Å². The maximum Gasteiger partial charge on any atom is 0.145 e. The second-order valence-electron chi connectivity index (χ2n) is 3.40. The molecule has 0 N–H and O–H groups in total. The number of aromatic nitrogens is 3. The minimum Gasteiger partial charge on any atom is -0.298 e. The molecule has 2 aromatic rings. The van der Waals surface area contributed by atoms with E-state index >= 15 is 0 Å². The lowest BCUT2D eigenvalue weighted by Crippen LogP contribution is -1.97. The third kappa shape index (κ3) is 2.23. The molecule has 0 aliphatic rings. The molecule has 0 bridgehead atoms. The van der Waals surface area contributed by atoms with Crippen molar-refractivity contribution in [2.24, 2.45) is 0 Å². The van der Waals surface area contributed by atoms with E-state index in [9.17, 15) is 4.79 Å². The Morgan fingerprint density at radius 2 is 2.06 bits per heavy atom. The van der Waals surface area contributed by atoms with Crippen LogP contribution in [0, 0.1) is 0 Å². The van der Waals surface area contributed by atoms with E-state index in [0.717, 1.165) is 12.0 Å². The van der Waals surface area contributed by atoms with Crippen molar-refractivity contribution in [1.82, 2.24) is 15.0 Å². The predicted octanol–water partition coefficient (Wildman–Crippen LogP) is 1.87. The van der Waals surface area contributed by atoms with Gasteiger partial charge in [-0.1, -0.05) is 18.2 Å². The summed E-state index contributed by atoms with van der Waals surface area (Å²) in [6.45, 7) is 1.73. The highest BCUT2D eigenvalue weighted by molar-refractivity contribution is 5.79. The summed E-state index contributed by atoms with van der Waals surface area (Å²) in [6.07, 6.45) is 4.11. The lowest BCUT2D eigenvalue weighted by molar-refractivity contribution is -0.104. The molecule has 0 amide bonds. The largest absolute Gasteiger partial charge is 0.298 e. The number of allylic oxidation sites excluding steroid dienone is 1. The van der Waals surface area contributed by atoms with Gasteiger partial charge < -0.3 is 0 Å². The van der Waals surface area contributed by atoms with Crippen LogP contribution in [0.1, 0.15) is 12.6 Å². The normalized spacial score (nSPS) is 11.4. The van der Waals surface area contributed by atoms with Crippen molar-refractivity contribution in [1.29, 1.82) is 0 Å². The molecular weight excluding hydrogens is 202 g/mol. The fourth-order valence-corrected chi connectivity index (χ4v) is 1.29. The van der Waals surface area contributed by atoms with Gasteiger partial charge in [0.1, 0.15) is 12.0 Å². The highest BCUT2D eigenvalue weighted by Gasteiger charge is 1.99. The summed E-state index contributed by atoms with van der Waals surface area (Å²) in [5.41, 5.74) is 2.19. The van der Waals surface area contributed by atoms with Crippen LogP contribution < -0.4 is 0 Å². The van der Waals surface area contributed by atoms with Crippen molar-refractivity contribution in [3.63, 3.8) is 0 Å². The molecule has 4 heteroatoms. The minimum atomic E-state index is 0.625. The van der Waals surface area contributed by atoms with E-state index in [1.54, 1.807) is 19.2 Å². The number of carbonyl (C=O) groups is 1. The van der Waals surface area contributed by atoms with Crippen LogP contribution in [0.15, 0.2) is 42.1 Å². The lowest BCUT2D eigenvalue weighted by atomic mass is 10.3. The molecule has 0 atom stereocenters. The molecule has 4 nitrogen and oxygen atoms in total. The fraction of sp³-hybridized carbons (Fsp3) is 0.0833. The molecule has 0 saturated heterocycles. The zero-order chi connectivity index (χ0) is 11.4. The van der Waals surface area contributed by atoms with Crippen molar-refractivity contribution in [3.8, 4) is 5.69 Å². The first kappa shape index (κ1) is 10.3. The van der Waals surface area contributed by atoms with Crippen LogP contribution in [0.25, 0.3) is 11.8 Å². The predicted molar refractivity (Wildman–Crippen MR) is 61.1 cm³/mol. The van der Waals surface area contributed by atoms with Gasteiger partial charge in [-0.25, -0.2) is 0 Å². The summed E-state index contributed by atoms with van der Waals surface area (Å²) in [4.78, 5) is 12.0. The second kappa shape index (κ2) is 4.53. The standard InChI is InChI=1S/C12H11N3O/c1-10(9-16)7-11-8-13-15(14-11)12-5-3-2-4-6-12/h2-9H,1H3. The Morgan fingerprint density at radius 1 is 1.31 bits per heavy atom. The van der Waals surface area contributed by atoms with Crippen LogP contribution >= 0.6 is 0 Å². The first-order chi connectivity index (χ1) is 7.79. The molecule has 0 aliphatic carbocycles. The Balaban J connectivity index is 2.30.